The fraction of sp³-hybridized carbons (Fsp3) is 0.526. The number of hydrogen-bond donors (Lipinski definition) is 2. The van der Waals surface area contributed by atoms with Crippen molar-refractivity contribution >= 4 is 39.5 Å². The third-order valence-electron chi connectivity index (χ3n) is 4.95. The van der Waals surface area contributed by atoms with Crippen LogP contribution < -0.4 is 10.6 Å². The molecule has 0 bridgehead atoms. The number of carbonyl (C=O) groups excluding carboxylic acids is 3. The van der Waals surface area contributed by atoms with Gasteiger partial charge in [-0.25, -0.2) is 4.79 Å². The number of halogens is 1. The van der Waals surface area contributed by atoms with Crippen molar-refractivity contribution in [3.8, 4) is 0 Å². The Balaban J connectivity index is 1.57. The fourth-order valence-corrected chi connectivity index (χ4v) is 3.92. The zero-order valence-electron chi connectivity index (χ0n) is 15.2. The van der Waals surface area contributed by atoms with E-state index in [0.29, 0.717) is 18.7 Å². The molecule has 4 amide bonds. The molecule has 2 aliphatic rings. The number of anilines is 1. The van der Waals surface area contributed by atoms with Gasteiger partial charge in [-0.2, -0.15) is 0 Å². The number of carbonyl (C=O) groups is 3. The summed E-state index contributed by atoms with van der Waals surface area (Å²) in [5.41, 5.74) is 0.643. The molecule has 7 nitrogen and oxygen atoms in total. The van der Waals surface area contributed by atoms with E-state index in [1.54, 1.807) is 17.0 Å². The molecule has 2 saturated heterocycles. The number of hydrogen-bond acceptors (Lipinski definition) is 3. The second-order valence-corrected chi connectivity index (χ2v) is 7.92. The van der Waals surface area contributed by atoms with Crippen LogP contribution in [0.2, 0.25) is 0 Å². The molecular formula is C19H25BrN4O3. The van der Waals surface area contributed by atoms with Crippen LogP contribution in [0.1, 0.15) is 32.1 Å². The molecule has 8 heteroatoms. The fourth-order valence-electron chi connectivity index (χ4n) is 3.52. The molecule has 0 spiro atoms. The summed E-state index contributed by atoms with van der Waals surface area (Å²) < 4.78 is 0.859. The minimum atomic E-state index is -0.606. The monoisotopic (exact) mass is 436 g/mol. The van der Waals surface area contributed by atoms with Gasteiger partial charge in [-0.1, -0.05) is 22.0 Å². The van der Waals surface area contributed by atoms with Gasteiger partial charge in [0.15, 0.2) is 0 Å². The van der Waals surface area contributed by atoms with Gasteiger partial charge in [-0.05, 0) is 50.3 Å². The van der Waals surface area contributed by atoms with Crippen LogP contribution in [0.25, 0.3) is 0 Å². The molecule has 0 unspecified atom stereocenters. The maximum Gasteiger partial charge on any atom is 0.319 e. The molecule has 2 aliphatic heterocycles. The van der Waals surface area contributed by atoms with Crippen LogP contribution in [-0.2, 0) is 9.59 Å². The molecule has 0 saturated carbocycles. The number of amides is 4. The van der Waals surface area contributed by atoms with E-state index in [9.17, 15) is 14.4 Å². The van der Waals surface area contributed by atoms with E-state index in [1.807, 2.05) is 17.0 Å². The summed E-state index contributed by atoms with van der Waals surface area (Å²) in [6.07, 6.45) is 4.31. The Bertz CT molecular complexity index is 706. The molecule has 1 atom stereocenters. The third-order valence-corrected chi connectivity index (χ3v) is 5.45. The predicted molar refractivity (Wildman–Crippen MR) is 106 cm³/mol. The number of nitrogens with zero attached hydrogens (tertiary/aromatic N) is 2. The number of rotatable bonds is 4. The van der Waals surface area contributed by atoms with Crippen molar-refractivity contribution in [2.75, 3.05) is 31.5 Å². The lowest BCUT2D eigenvalue weighted by Crippen LogP contribution is -2.51. The maximum atomic E-state index is 12.8. The number of benzene rings is 1. The largest absolute Gasteiger partial charge is 0.341 e. The van der Waals surface area contributed by atoms with Crippen molar-refractivity contribution in [1.29, 1.82) is 0 Å². The van der Waals surface area contributed by atoms with Crippen LogP contribution >= 0.6 is 15.9 Å². The molecule has 0 aromatic heterocycles. The van der Waals surface area contributed by atoms with E-state index >= 15 is 0 Å². The van der Waals surface area contributed by atoms with Gasteiger partial charge >= 0.3 is 6.03 Å². The van der Waals surface area contributed by atoms with Gasteiger partial charge in [0.1, 0.15) is 6.04 Å². The van der Waals surface area contributed by atoms with Crippen LogP contribution in [0.5, 0.6) is 0 Å². The summed E-state index contributed by atoms with van der Waals surface area (Å²) in [5, 5.41) is 5.51. The van der Waals surface area contributed by atoms with Crippen LogP contribution in [0.3, 0.4) is 0 Å². The zero-order chi connectivity index (χ0) is 19.2. The molecule has 1 aromatic rings. The quantitative estimate of drug-likeness (QED) is 0.760. The van der Waals surface area contributed by atoms with Gasteiger partial charge in [0, 0.05) is 29.8 Å². The highest BCUT2D eigenvalue weighted by molar-refractivity contribution is 9.10. The number of likely N-dealkylation sites (tertiary alicyclic amines) is 2. The first kappa shape index (κ1) is 19.7. The first-order valence-corrected chi connectivity index (χ1v) is 10.2. The number of urea groups is 1. The average molecular weight is 437 g/mol. The zero-order valence-corrected chi connectivity index (χ0v) is 16.8. The van der Waals surface area contributed by atoms with Crippen molar-refractivity contribution in [3.05, 3.63) is 28.7 Å². The second kappa shape index (κ2) is 9.21. The van der Waals surface area contributed by atoms with Gasteiger partial charge in [0.2, 0.25) is 11.8 Å². The summed E-state index contributed by atoms with van der Waals surface area (Å²) in [7, 11) is 0. The normalized spacial score (nSPS) is 20.3. The molecule has 2 fully saturated rings. The molecule has 146 valence electrons. The van der Waals surface area contributed by atoms with E-state index in [2.05, 4.69) is 26.6 Å². The topological polar surface area (TPSA) is 81.8 Å². The summed E-state index contributed by atoms with van der Waals surface area (Å²) in [5.74, 6) is -0.176. The first-order valence-electron chi connectivity index (χ1n) is 9.42. The smallest absolute Gasteiger partial charge is 0.319 e. The second-order valence-electron chi connectivity index (χ2n) is 7.00. The molecular weight excluding hydrogens is 412 g/mol. The van der Waals surface area contributed by atoms with Gasteiger partial charge in [-0.15, -0.1) is 0 Å². The van der Waals surface area contributed by atoms with E-state index in [0.717, 1.165) is 43.2 Å². The van der Waals surface area contributed by atoms with Gasteiger partial charge in [-0.3, -0.25) is 9.59 Å². The van der Waals surface area contributed by atoms with Crippen molar-refractivity contribution in [2.24, 2.45) is 0 Å². The maximum absolute atomic E-state index is 12.8. The molecule has 2 N–H and O–H groups in total. The highest BCUT2D eigenvalue weighted by atomic mass is 79.9. The van der Waals surface area contributed by atoms with E-state index in [-0.39, 0.29) is 18.4 Å². The lowest BCUT2D eigenvalue weighted by molar-refractivity contribution is -0.140. The first-order chi connectivity index (χ1) is 13.0. The Morgan fingerprint density at radius 2 is 1.85 bits per heavy atom. The predicted octanol–water partition coefficient (Wildman–Crippen LogP) is 2.57. The molecule has 2 heterocycles. The van der Waals surface area contributed by atoms with Gasteiger partial charge < -0.3 is 20.4 Å². The summed E-state index contributed by atoms with van der Waals surface area (Å²) in [4.78, 5) is 41.0. The van der Waals surface area contributed by atoms with Crippen molar-refractivity contribution in [3.63, 3.8) is 0 Å². The molecule has 0 radical (unpaired) electrons. The highest BCUT2D eigenvalue weighted by Gasteiger charge is 2.30. The minimum absolute atomic E-state index is 0.0000808. The Labute approximate surface area is 167 Å². The highest BCUT2D eigenvalue weighted by Crippen LogP contribution is 2.17. The summed E-state index contributed by atoms with van der Waals surface area (Å²) >= 11 is 3.36. The Morgan fingerprint density at radius 1 is 1.11 bits per heavy atom. The summed E-state index contributed by atoms with van der Waals surface area (Å²) in [6, 6.07) is 6.23. The Kier molecular flexibility index (Phi) is 6.71. The molecule has 1 aromatic carbocycles. The lowest BCUT2D eigenvalue weighted by Gasteiger charge is -2.26. The number of nitrogens with one attached hydrogen (secondary N) is 2. The van der Waals surface area contributed by atoms with E-state index in [1.165, 1.54) is 0 Å². The SMILES string of the molecule is O=C(Nc1cccc(Br)c1)N[C@H]1CCCCN(CC(=O)N2CCCC2)C1=O. The van der Waals surface area contributed by atoms with Gasteiger partial charge in [0.05, 0.1) is 6.54 Å². The van der Waals surface area contributed by atoms with Gasteiger partial charge in [0.25, 0.3) is 0 Å². The van der Waals surface area contributed by atoms with Crippen LogP contribution in [0.4, 0.5) is 10.5 Å². The molecule has 3 rings (SSSR count). The molecule has 27 heavy (non-hydrogen) atoms. The lowest BCUT2D eigenvalue weighted by atomic mass is 10.1. The Hall–Kier alpha value is -2.09. The Morgan fingerprint density at radius 3 is 2.59 bits per heavy atom. The third kappa shape index (κ3) is 5.45. The van der Waals surface area contributed by atoms with E-state index in [4.69, 9.17) is 0 Å². The van der Waals surface area contributed by atoms with Crippen molar-refractivity contribution in [2.45, 2.75) is 38.1 Å². The van der Waals surface area contributed by atoms with Crippen LogP contribution in [-0.4, -0.2) is 59.9 Å². The minimum Gasteiger partial charge on any atom is -0.341 e. The van der Waals surface area contributed by atoms with Crippen LogP contribution in [0.15, 0.2) is 28.7 Å². The van der Waals surface area contributed by atoms with Crippen molar-refractivity contribution in [1.82, 2.24) is 15.1 Å². The van der Waals surface area contributed by atoms with Crippen LogP contribution in [0, 0.1) is 0 Å². The average Bonchev–Trinajstić information content (AvgIpc) is 3.12. The van der Waals surface area contributed by atoms with E-state index < -0.39 is 12.1 Å². The standard InChI is InChI=1S/C19H25BrN4O3/c20-14-6-5-7-15(12-14)21-19(27)22-16-8-1-2-11-24(18(16)26)13-17(25)23-9-3-4-10-23/h5-7,12,16H,1-4,8-11,13H2,(H2,21,22,27)/t16-/m0/s1. The molecule has 0 aliphatic carbocycles. The summed E-state index contributed by atoms with van der Waals surface area (Å²) in [6.45, 7) is 2.21. The van der Waals surface area contributed by atoms with Crippen molar-refractivity contribution < 1.29 is 14.4 Å².